The fraction of sp³-hybridized carbons (Fsp3) is 0.419. The number of carbonyl (C=O) groups is 4. The Kier molecular flexibility index (Phi) is 9.72. The summed E-state index contributed by atoms with van der Waals surface area (Å²) in [6.45, 7) is 6.65. The first-order valence-electron chi connectivity index (χ1n) is 13.7. The van der Waals surface area contributed by atoms with Gasteiger partial charge in [-0.1, -0.05) is 19.9 Å². The number of fused-ring (bicyclic) bond motifs is 2. The second-order valence-corrected chi connectivity index (χ2v) is 11.7. The Morgan fingerprint density at radius 1 is 0.857 bits per heavy atom. The number of ketones is 1. The van der Waals surface area contributed by atoms with E-state index in [1.54, 1.807) is 18.1 Å². The van der Waals surface area contributed by atoms with Crippen molar-refractivity contribution in [3.05, 3.63) is 51.9 Å². The number of ether oxygens (including phenoxy) is 3. The van der Waals surface area contributed by atoms with E-state index < -0.39 is 23.8 Å². The van der Waals surface area contributed by atoms with Gasteiger partial charge in [0.25, 0.3) is 0 Å². The van der Waals surface area contributed by atoms with Crippen LogP contribution in [0, 0.1) is 18.8 Å². The summed E-state index contributed by atoms with van der Waals surface area (Å²) in [6.07, 6.45) is 0.506. The van der Waals surface area contributed by atoms with Crippen LogP contribution in [0.5, 0.6) is 17.2 Å². The first kappa shape index (κ1) is 30.8. The minimum atomic E-state index is -1.00. The zero-order valence-corrected chi connectivity index (χ0v) is 24.9. The van der Waals surface area contributed by atoms with Crippen molar-refractivity contribution in [3.8, 4) is 17.2 Å². The molecule has 0 spiro atoms. The van der Waals surface area contributed by atoms with E-state index in [-0.39, 0.29) is 24.5 Å². The molecule has 2 atom stereocenters. The fourth-order valence-corrected chi connectivity index (χ4v) is 5.73. The minimum absolute atomic E-state index is 0.0266. The number of hydrogen-bond donors (Lipinski definition) is 2. The van der Waals surface area contributed by atoms with E-state index in [2.05, 4.69) is 0 Å². The van der Waals surface area contributed by atoms with Gasteiger partial charge in [0.05, 0.1) is 37.0 Å². The smallest absolute Gasteiger partial charge is 0.306 e. The van der Waals surface area contributed by atoms with Crippen LogP contribution in [0.2, 0.25) is 0 Å². The highest BCUT2D eigenvalue weighted by Crippen LogP contribution is 2.37. The number of methoxy groups -OCH3 is 1. The summed E-state index contributed by atoms with van der Waals surface area (Å²) in [4.78, 5) is 49.5. The third-order valence-electron chi connectivity index (χ3n) is 7.27. The molecule has 1 aromatic heterocycles. The average molecular weight is 598 g/mol. The summed E-state index contributed by atoms with van der Waals surface area (Å²) >= 11 is 1.30. The number of carboxylic acids is 2. The molecule has 224 valence electrons. The molecule has 3 aromatic rings. The number of hydrogen-bond acceptors (Lipinski definition) is 8. The SMILES string of the molecule is COc1cc2sc(C(=O)CC(C)C(=O)O)cc2cc1OCCCOc1cc2c(cc1C)CN(C(=O)CC(C)C(=O)O)C2. The maximum atomic E-state index is 12.6. The van der Waals surface area contributed by atoms with Gasteiger partial charge in [-0.15, -0.1) is 11.3 Å². The highest BCUT2D eigenvalue weighted by molar-refractivity contribution is 7.20. The number of carbonyl (C=O) groups excluding carboxylic acids is 2. The molecule has 42 heavy (non-hydrogen) atoms. The second-order valence-electron chi connectivity index (χ2n) is 10.6. The monoisotopic (exact) mass is 597 g/mol. The van der Waals surface area contributed by atoms with E-state index >= 15 is 0 Å². The minimum Gasteiger partial charge on any atom is -0.493 e. The molecule has 4 rings (SSSR count). The number of benzene rings is 2. The molecule has 0 fully saturated rings. The van der Waals surface area contributed by atoms with Crippen LogP contribution in [0.15, 0.2) is 30.3 Å². The van der Waals surface area contributed by atoms with Crippen LogP contribution in [0.4, 0.5) is 0 Å². The Balaban J connectivity index is 1.31. The Morgan fingerprint density at radius 2 is 1.48 bits per heavy atom. The molecule has 2 N–H and O–H groups in total. The first-order valence-corrected chi connectivity index (χ1v) is 14.5. The normalized spacial score (nSPS) is 13.9. The van der Waals surface area contributed by atoms with Crippen LogP contribution in [0.1, 0.15) is 59.5 Å². The quantitative estimate of drug-likeness (QED) is 0.187. The lowest BCUT2D eigenvalue weighted by Crippen LogP contribution is -2.28. The number of rotatable bonds is 14. The summed E-state index contributed by atoms with van der Waals surface area (Å²) < 4.78 is 18.3. The second kappa shape index (κ2) is 13.2. The predicted molar refractivity (Wildman–Crippen MR) is 157 cm³/mol. The Labute approximate surface area is 247 Å². The van der Waals surface area contributed by atoms with Crippen molar-refractivity contribution in [2.24, 2.45) is 11.8 Å². The van der Waals surface area contributed by atoms with E-state index in [4.69, 9.17) is 24.4 Å². The zero-order chi connectivity index (χ0) is 30.6. The molecule has 11 heteroatoms. The van der Waals surface area contributed by atoms with Gasteiger partial charge in [0.2, 0.25) is 5.91 Å². The van der Waals surface area contributed by atoms with Gasteiger partial charge in [0, 0.05) is 43.1 Å². The van der Waals surface area contributed by atoms with Gasteiger partial charge in [0.15, 0.2) is 17.3 Å². The van der Waals surface area contributed by atoms with Gasteiger partial charge in [0.1, 0.15) is 5.75 Å². The Morgan fingerprint density at radius 3 is 2.12 bits per heavy atom. The zero-order valence-electron chi connectivity index (χ0n) is 24.1. The van der Waals surface area contributed by atoms with E-state index in [1.165, 1.54) is 25.2 Å². The van der Waals surface area contributed by atoms with Gasteiger partial charge in [-0.3, -0.25) is 19.2 Å². The molecule has 1 aliphatic rings. The van der Waals surface area contributed by atoms with Gasteiger partial charge < -0.3 is 29.3 Å². The number of nitrogens with zero attached hydrogens (tertiary/aromatic N) is 1. The molecule has 0 aliphatic carbocycles. The van der Waals surface area contributed by atoms with Gasteiger partial charge >= 0.3 is 11.9 Å². The van der Waals surface area contributed by atoms with Crippen LogP contribution < -0.4 is 14.2 Å². The third-order valence-corrected chi connectivity index (χ3v) is 8.41. The van der Waals surface area contributed by atoms with Crippen molar-refractivity contribution in [2.45, 2.75) is 53.1 Å². The van der Waals surface area contributed by atoms with Crippen LogP contribution in [-0.2, 0) is 27.5 Å². The molecular formula is C31H35NO9S. The summed E-state index contributed by atoms with van der Waals surface area (Å²) in [5.74, 6) is -2.04. The molecule has 2 aromatic carbocycles. The first-order chi connectivity index (χ1) is 20.0. The molecule has 1 aliphatic heterocycles. The maximum absolute atomic E-state index is 12.6. The standard InChI is InChI=1S/C31H35NO9S/c1-17-8-21-15-32(29(34)10-19(3)31(37)38)16-22(21)12-24(17)40-6-5-7-41-26-11-20-13-28(23(33)9-18(2)30(35)36)42-27(20)14-25(26)39-4/h8,11-14,18-19H,5-7,9-10,15-16H2,1-4H3,(H,35,36)(H,37,38). The Bertz CT molecular complexity index is 1510. The molecule has 1 amide bonds. The predicted octanol–water partition coefficient (Wildman–Crippen LogP) is 5.31. The van der Waals surface area contributed by atoms with Crippen molar-refractivity contribution in [2.75, 3.05) is 20.3 Å². The lowest BCUT2D eigenvalue weighted by Gasteiger charge is -2.16. The molecule has 0 radical (unpaired) electrons. The number of amides is 1. The van der Waals surface area contributed by atoms with Crippen LogP contribution >= 0.6 is 11.3 Å². The van der Waals surface area contributed by atoms with Crippen molar-refractivity contribution in [3.63, 3.8) is 0 Å². The number of carboxylic acid groups (broad SMARTS) is 2. The molecule has 10 nitrogen and oxygen atoms in total. The third kappa shape index (κ3) is 7.20. The van der Waals surface area contributed by atoms with E-state index in [0.29, 0.717) is 49.1 Å². The van der Waals surface area contributed by atoms with Gasteiger partial charge in [-0.25, -0.2) is 0 Å². The molecular weight excluding hydrogens is 562 g/mol. The van der Waals surface area contributed by atoms with Crippen LogP contribution in [0.3, 0.4) is 0 Å². The fourth-order valence-electron chi connectivity index (χ4n) is 4.71. The molecule has 0 saturated heterocycles. The Hall–Kier alpha value is -4.12. The maximum Gasteiger partial charge on any atom is 0.306 e. The topological polar surface area (TPSA) is 140 Å². The van der Waals surface area contributed by atoms with E-state index in [0.717, 1.165) is 32.5 Å². The van der Waals surface area contributed by atoms with Crippen molar-refractivity contribution in [1.82, 2.24) is 4.90 Å². The van der Waals surface area contributed by atoms with Crippen LogP contribution in [-0.4, -0.2) is 59.1 Å². The van der Waals surface area contributed by atoms with E-state index in [1.807, 2.05) is 31.2 Å². The molecule has 2 heterocycles. The largest absolute Gasteiger partial charge is 0.493 e. The lowest BCUT2D eigenvalue weighted by atomic mass is 10.0. The average Bonchev–Trinajstić information content (AvgIpc) is 3.55. The van der Waals surface area contributed by atoms with Crippen molar-refractivity contribution < 1.29 is 43.6 Å². The van der Waals surface area contributed by atoms with Crippen LogP contribution in [0.25, 0.3) is 10.1 Å². The molecule has 0 saturated carbocycles. The van der Waals surface area contributed by atoms with Crippen molar-refractivity contribution >= 4 is 45.1 Å². The highest BCUT2D eigenvalue weighted by atomic mass is 32.1. The van der Waals surface area contributed by atoms with Gasteiger partial charge in [-0.2, -0.15) is 0 Å². The molecule has 0 bridgehead atoms. The highest BCUT2D eigenvalue weighted by Gasteiger charge is 2.27. The summed E-state index contributed by atoms with van der Waals surface area (Å²) in [5.41, 5.74) is 2.99. The summed E-state index contributed by atoms with van der Waals surface area (Å²) in [6, 6.07) is 9.34. The lowest BCUT2D eigenvalue weighted by molar-refractivity contribution is -0.145. The van der Waals surface area contributed by atoms with Crippen molar-refractivity contribution in [1.29, 1.82) is 0 Å². The van der Waals surface area contributed by atoms with E-state index in [9.17, 15) is 19.2 Å². The summed E-state index contributed by atoms with van der Waals surface area (Å²) in [7, 11) is 1.55. The number of aliphatic carboxylic acids is 2. The molecule has 2 unspecified atom stereocenters. The summed E-state index contributed by atoms with van der Waals surface area (Å²) in [5, 5.41) is 19.0. The van der Waals surface area contributed by atoms with Gasteiger partial charge in [-0.05, 0) is 47.2 Å². The number of Topliss-reactive ketones (excluding diaryl/α,β-unsaturated/α-hetero) is 1. The number of aryl methyl sites for hydroxylation is 1. The number of thiophene rings is 1.